The quantitative estimate of drug-likeness (QED) is 0.729. The monoisotopic (exact) mass is 250 g/mol. The molecule has 0 aliphatic heterocycles. The first-order valence-electron chi connectivity index (χ1n) is 4.61. The van der Waals surface area contributed by atoms with E-state index in [0.717, 1.165) is 31.0 Å². The molecule has 0 aliphatic rings. The fourth-order valence-corrected chi connectivity index (χ4v) is 1.35. The predicted octanol–water partition coefficient (Wildman–Crippen LogP) is 0.689. The Morgan fingerprint density at radius 3 is 2.87 bits per heavy atom. The molecule has 1 rings (SSSR count). The zero-order valence-electron chi connectivity index (χ0n) is 8.52. The second-order valence-corrected chi connectivity index (χ2v) is 3.57. The van der Waals surface area contributed by atoms with Crippen molar-refractivity contribution in [3.8, 4) is 0 Å². The van der Waals surface area contributed by atoms with Crippen molar-refractivity contribution in [2.75, 3.05) is 19.6 Å². The van der Waals surface area contributed by atoms with Gasteiger partial charge in [0.2, 0.25) is 0 Å². The van der Waals surface area contributed by atoms with Crippen LogP contribution in [0.5, 0.6) is 0 Å². The molecule has 1 aromatic heterocycles. The third kappa shape index (κ3) is 5.66. The number of nitrogens with zero attached hydrogens (tertiary/aromatic N) is 2. The van der Waals surface area contributed by atoms with E-state index < -0.39 is 0 Å². The summed E-state index contributed by atoms with van der Waals surface area (Å²) in [6, 6.07) is 0. The fraction of sp³-hybridized carbons (Fsp3) is 0.625. The third-order valence-electron chi connectivity index (χ3n) is 1.60. The van der Waals surface area contributed by atoms with Gasteiger partial charge in [0.25, 0.3) is 5.91 Å². The third-order valence-corrected chi connectivity index (χ3v) is 2.26. The van der Waals surface area contributed by atoms with Crippen molar-refractivity contribution in [2.24, 2.45) is 0 Å². The minimum atomic E-state index is -0.0988. The van der Waals surface area contributed by atoms with Gasteiger partial charge in [0.15, 0.2) is 0 Å². The SMILES string of the molecule is CCCNCCNC(=O)c1cnns1.Cl. The first-order chi connectivity index (χ1) is 6.84. The second kappa shape index (κ2) is 8.58. The highest BCUT2D eigenvalue weighted by atomic mass is 35.5. The summed E-state index contributed by atoms with van der Waals surface area (Å²) in [7, 11) is 0. The van der Waals surface area contributed by atoms with Crippen molar-refractivity contribution in [1.82, 2.24) is 20.2 Å². The van der Waals surface area contributed by atoms with Crippen LogP contribution in [0, 0.1) is 0 Å². The molecule has 0 spiro atoms. The molecular formula is C8H15ClN4OS. The molecule has 0 bridgehead atoms. The minimum absolute atomic E-state index is 0. The maximum atomic E-state index is 11.3. The van der Waals surface area contributed by atoms with Crippen molar-refractivity contribution in [1.29, 1.82) is 0 Å². The lowest BCUT2D eigenvalue weighted by atomic mass is 10.4. The second-order valence-electron chi connectivity index (χ2n) is 2.79. The number of hydrogen-bond acceptors (Lipinski definition) is 5. The van der Waals surface area contributed by atoms with Crippen LogP contribution in [0.1, 0.15) is 23.0 Å². The lowest BCUT2D eigenvalue weighted by Crippen LogP contribution is -2.31. The molecule has 0 radical (unpaired) electrons. The first kappa shape index (κ1) is 14.3. The van der Waals surface area contributed by atoms with Gasteiger partial charge in [-0.25, -0.2) is 0 Å². The summed E-state index contributed by atoms with van der Waals surface area (Å²) in [6.45, 7) is 4.52. The molecule has 5 nitrogen and oxygen atoms in total. The Bertz CT molecular complexity index is 268. The van der Waals surface area contributed by atoms with Crippen LogP contribution in [0.15, 0.2) is 6.20 Å². The van der Waals surface area contributed by atoms with E-state index in [0.29, 0.717) is 11.4 Å². The van der Waals surface area contributed by atoms with E-state index in [1.807, 2.05) is 0 Å². The molecule has 2 N–H and O–H groups in total. The number of nitrogens with one attached hydrogen (secondary N) is 2. The van der Waals surface area contributed by atoms with Crippen LogP contribution in [-0.4, -0.2) is 35.1 Å². The maximum absolute atomic E-state index is 11.3. The van der Waals surface area contributed by atoms with Crippen LogP contribution < -0.4 is 10.6 Å². The molecule has 0 saturated heterocycles. The Labute approximate surface area is 99.2 Å². The van der Waals surface area contributed by atoms with Gasteiger partial charge in [-0.1, -0.05) is 11.4 Å². The molecule has 0 fully saturated rings. The van der Waals surface area contributed by atoms with Gasteiger partial charge in [-0.05, 0) is 24.5 Å². The van der Waals surface area contributed by atoms with Crippen LogP contribution in [0.3, 0.4) is 0 Å². The van der Waals surface area contributed by atoms with Gasteiger partial charge in [0.1, 0.15) is 4.88 Å². The number of aromatic nitrogens is 2. The summed E-state index contributed by atoms with van der Waals surface area (Å²) in [4.78, 5) is 11.9. The molecule has 0 unspecified atom stereocenters. The topological polar surface area (TPSA) is 66.9 Å². The van der Waals surface area contributed by atoms with Crippen molar-refractivity contribution >= 4 is 29.8 Å². The molecule has 0 atom stereocenters. The highest BCUT2D eigenvalue weighted by Crippen LogP contribution is 1.99. The van der Waals surface area contributed by atoms with E-state index in [4.69, 9.17) is 0 Å². The Kier molecular flexibility index (Phi) is 8.17. The number of amides is 1. The smallest absolute Gasteiger partial charge is 0.264 e. The van der Waals surface area contributed by atoms with Gasteiger partial charge in [-0.3, -0.25) is 4.79 Å². The molecule has 0 aliphatic carbocycles. The normalized spacial score (nSPS) is 9.40. The number of carbonyl (C=O) groups is 1. The van der Waals surface area contributed by atoms with Crippen molar-refractivity contribution in [2.45, 2.75) is 13.3 Å². The van der Waals surface area contributed by atoms with Crippen LogP contribution in [-0.2, 0) is 0 Å². The van der Waals surface area contributed by atoms with Gasteiger partial charge < -0.3 is 10.6 Å². The molecule has 7 heteroatoms. The standard InChI is InChI=1S/C8H14N4OS.ClH/c1-2-3-9-4-5-10-8(13)7-6-11-12-14-7;/h6,9H,2-5H2,1H3,(H,10,13);1H. The summed E-state index contributed by atoms with van der Waals surface area (Å²) in [5, 5.41) is 9.56. The van der Waals surface area contributed by atoms with E-state index in [2.05, 4.69) is 27.1 Å². The highest BCUT2D eigenvalue weighted by Gasteiger charge is 2.06. The van der Waals surface area contributed by atoms with Crippen molar-refractivity contribution in [3.63, 3.8) is 0 Å². The van der Waals surface area contributed by atoms with Crippen LogP contribution in [0.2, 0.25) is 0 Å². The van der Waals surface area contributed by atoms with Crippen molar-refractivity contribution < 1.29 is 4.79 Å². The molecule has 1 amide bonds. The van der Waals surface area contributed by atoms with E-state index in [9.17, 15) is 4.79 Å². The van der Waals surface area contributed by atoms with Crippen molar-refractivity contribution in [3.05, 3.63) is 11.1 Å². The van der Waals surface area contributed by atoms with E-state index in [-0.39, 0.29) is 18.3 Å². The fourth-order valence-electron chi connectivity index (χ4n) is 0.921. The minimum Gasteiger partial charge on any atom is -0.350 e. The van der Waals surface area contributed by atoms with Gasteiger partial charge >= 0.3 is 0 Å². The van der Waals surface area contributed by atoms with E-state index in [1.165, 1.54) is 6.20 Å². The molecule has 1 aromatic rings. The first-order valence-corrected chi connectivity index (χ1v) is 5.38. The molecular weight excluding hydrogens is 236 g/mol. The summed E-state index contributed by atoms with van der Waals surface area (Å²) >= 11 is 1.11. The summed E-state index contributed by atoms with van der Waals surface area (Å²) < 4.78 is 3.62. The van der Waals surface area contributed by atoms with E-state index >= 15 is 0 Å². The van der Waals surface area contributed by atoms with E-state index in [1.54, 1.807) is 0 Å². The zero-order chi connectivity index (χ0) is 10.2. The number of hydrogen-bond donors (Lipinski definition) is 2. The highest BCUT2D eigenvalue weighted by molar-refractivity contribution is 7.07. The Balaban J connectivity index is 0.00000196. The lowest BCUT2D eigenvalue weighted by Gasteiger charge is -2.03. The average Bonchev–Trinajstić information content (AvgIpc) is 2.70. The molecule has 86 valence electrons. The zero-order valence-corrected chi connectivity index (χ0v) is 10.2. The number of rotatable bonds is 6. The van der Waals surface area contributed by atoms with Gasteiger partial charge in [0.05, 0.1) is 6.20 Å². The number of halogens is 1. The Morgan fingerprint density at radius 1 is 1.47 bits per heavy atom. The Morgan fingerprint density at radius 2 is 2.27 bits per heavy atom. The summed E-state index contributed by atoms with van der Waals surface area (Å²) in [5.74, 6) is -0.0988. The predicted molar refractivity (Wildman–Crippen MR) is 62.7 cm³/mol. The van der Waals surface area contributed by atoms with Gasteiger partial charge in [0, 0.05) is 13.1 Å². The maximum Gasteiger partial charge on any atom is 0.264 e. The summed E-state index contributed by atoms with van der Waals surface area (Å²) in [5.41, 5.74) is 0. The molecule has 15 heavy (non-hydrogen) atoms. The molecule has 0 saturated carbocycles. The lowest BCUT2D eigenvalue weighted by molar-refractivity contribution is 0.0958. The van der Waals surface area contributed by atoms with Gasteiger partial charge in [-0.15, -0.1) is 17.5 Å². The summed E-state index contributed by atoms with van der Waals surface area (Å²) in [6.07, 6.45) is 2.58. The molecule has 0 aromatic carbocycles. The van der Waals surface area contributed by atoms with Crippen LogP contribution >= 0.6 is 23.9 Å². The van der Waals surface area contributed by atoms with Gasteiger partial charge in [-0.2, -0.15) is 0 Å². The van der Waals surface area contributed by atoms with Crippen LogP contribution in [0.25, 0.3) is 0 Å². The average molecular weight is 251 g/mol. The number of carbonyl (C=O) groups excluding carboxylic acids is 1. The Hall–Kier alpha value is -0.720. The largest absolute Gasteiger partial charge is 0.350 e. The molecule has 1 heterocycles. The van der Waals surface area contributed by atoms with Crippen LogP contribution in [0.4, 0.5) is 0 Å².